The molecule has 0 radical (unpaired) electrons. The molecule has 0 aliphatic heterocycles. The van der Waals surface area contributed by atoms with Gasteiger partial charge >= 0.3 is 0 Å². The Morgan fingerprint density at radius 3 is 2.66 bits per heavy atom. The molecule has 0 saturated carbocycles. The molecule has 0 saturated heterocycles. The highest BCUT2D eigenvalue weighted by atomic mass is 32.1. The van der Waals surface area contributed by atoms with Crippen molar-refractivity contribution in [1.82, 2.24) is 4.98 Å². The number of nitro groups is 2. The van der Waals surface area contributed by atoms with E-state index in [4.69, 9.17) is 4.74 Å². The van der Waals surface area contributed by atoms with Crippen LogP contribution >= 0.6 is 11.3 Å². The molecule has 29 heavy (non-hydrogen) atoms. The second-order valence-corrected chi connectivity index (χ2v) is 6.42. The molecule has 0 unspecified atom stereocenters. The summed E-state index contributed by atoms with van der Waals surface area (Å²) in [5.41, 5.74) is 3.54. The largest absolute Gasteiger partial charge is 0.504 e. The van der Waals surface area contributed by atoms with Crippen LogP contribution in [0.25, 0.3) is 11.3 Å². The molecular weight excluding hydrogens is 402 g/mol. The number of aromatic nitrogens is 1. The number of methoxy groups -OCH3 is 1. The SMILES string of the molecule is COc1cc([N+](=O)[O-])cc(/C=N/Nc2nc(-c3cccc([N+](=O)[O-])c3)cs2)c1O. The lowest BCUT2D eigenvalue weighted by atomic mass is 10.1. The van der Waals surface area contributed by atoms with Gasteiger partial charge in [-0.1, -0.05) is 12.1 Å². The molecule has 12 heteroatoms. The van der Waals surface area contributed by atoms with Crippen molar-refractivity contribution < 1.29 is 19.7 Å². The van der Waals surface area contributed by atoms with Gasteiger partial charge in [0.05, 0.1) is 34.9 Å². The summed E-state index contributed by atoms with van der Waals surface area (Å²) < 4.78 is 4.93. The summed E-state index contributed by atoms with van der Waals surface area (Å²) in [5.74, 6) is -0.345. The van der Waals surface area contributed by atoms with Crippen molar-refractivity contribution in [2.24, 2.45) is 5.10 Å². The number of hydrogen-bond acceptors (Lipinski definition) is 10. The number of non-ortho nitro benzene ring substituents is 2. The van der Waals surface area contributed by atoms with E-state index >= 15 is 0 Å². The summed E-state index contributed by atoms with van der Waals surface area (Å²) in [6, 6.07) is 8.32. The second kappa shape index (κ2) is 8.31. The maximum absolute atomic E-state index is 11.0. The van der Waals surface area contributed by atoms with Crippen LogP contribution in [-0.4, -0.2) is 33.3 Å². The fourth-order valence-electron chi connectivity index (χ4n) is 2.37. The Balaban J connectivity index is 1.79. The third-order valence-electron chi connectivity index (χ3n) is 3.74. The Morgan fingerprint density at radius 1 is 1.21 bits per heavy atom. The van der Waals surface area contributed by atoms with Gasteiger partial charge in [0.25, 0.3) is 11.4 Å². The van der Waals surface area contributed by atoms with Gasteiger partial charge in [-0.15, -0.1) is 11.3 Å². The Morgan fingerprint density at radius 2 is 1.97 bits per heavy atom. The van der Waals surface area contributed by atoms with E-state index in [1.54, 1.807) is 17.5 Å². The summed E-state index contributed by atoms with van der Waals surface area (Å²) in [5, 5.41) is 38.0. The third-order valence-corrected chi connectivity index (χ3v) is 4.49. The number of hydrogen-bond donors (Lipinski definition) is 2. The Bertz CT molecular complexity index is 1110. The van der Waals surface area contributed by atoms with Crippen LogP contribution in [0, 0.1) is 20.2 Å². The fourth-order valence-corrected chi connectivity index (χ4v) is 3.04. The molecule has 2 N–H and O–H groups in total. The highest BCUT2D eigenvalue weighted by Gasteiger charge is 2.16. The predicted octanol–water partition coefficient (Wildman–Crippen LogP) is 3.79. The van der Waals surface area contributed by atoms with E-state index in [1.807, 2.05) is 0 Å². The topological polar surface area (TPSA) is 153 Å². The number of nitrogens with one attached hydrogen (secondary N) is 1. The summed E-state index contributed by atoms with van der Waals surface area (Å²) >= 11 is 1.21. The van der Waals surface area contributed by atoms with Crippen LogP contribution in [0.15, 0.2) is 46.9 Å². The van der Waals surface area contributed by atoms with E-state index in [-0.39, 0.29) is 28.4 Å². The number of phenolic OH excluding ortho intramolecular Hbond substituents is 1. The molecule has 1 aromatic heterocycles. The Labute approximate surface area is 167 Å². The van der Waals surface area contributed by atoms with E-state index in [0.29, 0.717) is 16.4 Å². The molecule has 11 nitrogen and oxygen atoms in total. The van der Waals surface area contributed by atoms with Gasteiger partial charge in [0.2, 0.25) is 5.13 Å². The van der Waals surface area contributed by atoms with Gasteiger partial charge in [0.15, 0.2) is 11.5 Å². The molecule has 0 bridgehead atoms. The predicted molar refractivity (Wildman–Crippen MR) is 107 cm³/mol. The van der Waals surface area contributed by atoms with Gasteiger partial charge in [-0.05, 0) is 0 Å². The van der Waals surface area contributed by atoms with Crippen LogP contribution in [-0.2, 0) is 0 Å². The van der Waals surface area contributed by atoms with Crippen LogP contribution in [0.4, 0.5) is 16.5 Å². The standard InChI is InChI=1S/C17H13N5O6S/c1-28-15-7-13(22(26)27)6-11(16(15)23)8-18-20-17-19-14(9-29-17)10-3-2-4-12(5-10)21(24)25/h2-9,23H,1H3,(H,19,20)/b18-8+. The number of hydrazone groups is 1. The second-order valence-electron chi connectivity index (χ2n) is 5.56. The van der Waals surface area contributed by atoms with Gasteiger partial charge in [-0.25, -0.2) is 4.98 Å². The number of ether oxygens (including phenoxy) is 1. The van der Waals surface area contributed by atoms with Gasteiger partial charge in [-0.2, -0.15) is 5.10 Å². The molecule has 0 spiro atoms. The quantitative estimate of drug-likeness (QED) is 0.336. The fraction of sp³-hybridized carbons (Fsp3) is 0.0588. The number of nitrogens with zero attached hydrogens (tertiary/aromatic N) is 4. The molecule has 2 aromatic carbocycles. The number of anilines is 1. The first-order valence-electron chi connectivity index (χ1n) is 7.94. The van der Waals surface area contributed by atoms with Crippen LogP contribution in [0.2, 0.25) is 0 Å². The van der Waals surface area contributed by atoms with Crippen molar-refractivity contribution in [1.29, 1.82) is 0 Å². The maximum atomic E-state index is 11.0. The van der Waals surface area contributed by atoms with Crippen LogP contribution in [0.3, 0.4) is 0 Å². The normalized spacial score (nSPS) is 10.8. The van der Waals surface area contributed by atoms with E-state index < -0.39 is 9.85 Å². The average molecular weight is 415 g/mol. The Kier molecular flexibility index (Phi) is 5.64. The van der Waals surface area contributed by atoms with Crippen molar-refractivity contribution in [2.75, 3.05) is 12.5 Å². The molecule has 0 fully saturated rings. The average Bonchev–Trinajstić information content (AvgIpc) is 3.18. The molecule has 0 amide bonds. The van der Waals surface area contributed by atoms with Gasteiger partial charge in [0.1, 0.15) is 0 Å². The first kappa shape index (κ1) is 19.7. The van der Waals surface area contributed by atoms with Crippen LogP contribution in [0.5, 0.6) is 11.5 Å². The first-order chi connectivity index (χ1) is 13.9. The van der Waals surface area contributed by atoms with Crippen molar-refractivity contribution in [3.8, 4) is 22.8 Å². The van der Waals surface area contributed by atoms with Crippen LogP contribution in [0.1, 0.15) is 5.56 Å². The minimum Gasteiger partial charge on any atom is -0.504 e. The number of nitro benzene ring substituents is 2. The zero-order valence-electron chi connectivity index (χ0n) is 14.8. The van der Waals surface area contributed by atoms with Gasteiger partial charge < -0.3 is 9.84 Å². The Hall–Kier alpha value is -4.06. The van der Waals surface area contributed by atoms with Crippen molar-refractivity contribution in [3.63, 3.8) is 0 Å². The number of thiazole rings is 1. The molecular formula is C17H13N5O6S. The minimum absolute atomic E-state index is 0.0434. The molecule has 0 atom stereocenters. The van der Waals surface area contributed by atoms with E-state index in [2.05, 4.69) is 15.5 Å². The van der Waals surface area contributed by atoms with Crippen molar-refractivity contribution in [3.05, 3.63) is 67.6 Å². The molecule has 3 aromatic rings. The number of phenols is 1. The van der Waals surface area contributed by atoms with Gasteiger partial charge in [0, 0.05) is 34.7 Å². The maximum Gasteiger partial charge on any atom is 0.274 e. The van der Waals surface area contributed by atoms with E-state index in [1.165, 1.54) is 36.8 Å². The molecule has 0 aliphatic rings. The summed E-state index contributed by atoms with van der Waals surface area (Å²) in [4.78, 5) is 25.1. The van der Waals surface area contributed by atoms with Gasteiger partial charge in [-0.3, -0.25) is 25.7 Å². The zero-order valence-corrected chi connectivity index (χ0v) is 15.6. The van der Waals surface area contributed by atoms with Crippen molar-refractivity contribution in [2.45, 2.75) is 0 Å². The highest BCUT2D eigenvalue weighted by Crippen LogP contribution is 2.33. The molecule has 0 aliphatic carbocycles. The lowest BCUT2D eigenvalue weighted by molar-refractivity contribution is -0.385. The monoisotopic (exact) mass is 415 g/mol. The summed E-state index contributed by atoms with van der Waals surface area (Å²) in [7, 11) is 1.28. The van der Waals surface area contributed by atoms with E-state index in [0.717, 1.165) is 12.1 Å². The third kappa shape index (κ3) is 4.44. The number of aromatic hydroxyl groups is 1. The highest BCUT2D eigenvalue weighted by molar-refractivity contribution is 7.14. The summed E-state index contributed by atoms with van der Waals surface area (Å²) in [6.07, 6.45) is 1.19. The number of benzene rings is 2. The lowest BCUT2D eigenvalue weighted by Crippen LogP contribution is -1.96. The van der Waals surface area contributed by atoms with E-state index in [9.17, 15) is 25.3 Å². The minimum atomic E-state index is -0.612. The lowest BCUT2D eigenvalue weighted by Gasteiger charge is -2.05. The number of rotatable bonds is 7. The molecule has 148 valence electrons. The van der Waals surface area contributed by atoms with Crippen molar-refractivity contribution >= 4 is 34.1 Å². The zero-order chi connectivity index (χ0) is 21.0. The van der Waals surface area contributed by atoms with Crippen LogP contribution < -0.4 is 10.2 Å². The first-order valence-corrected chi connectivity index (χ1v) is 8.82. The molecule has 3 rings (SSSR count). The summed E-state index contributed by atoms with van der Waals surface area (Å²) in [6.45, 7) is 0. The smallest absolute Gasteiger partial charge is 0.274 e. The molecule has 1 heterocycles.